The molecule has 1 N–H and O–H groups in total. The van der Waals surface area contributed by atoms with Gasteiger partial charge in [-0.15, -0.1) is 0 Å². The number of halogens is 3. The van der Waals surface area contributed by atoms with Crippen LogP contribution in [-0.4, -0.2) is 26.6 Å². The van der Waals surface area contributed by atoms with Crippen molar-refractivity contribution in [1.82, 2.24) is 19.5 Å². The van der Waals surface area contributed by atoms with Crippen molar-refractivity contribution in [3.8, 4) is 16.9 Å². The Morgan fingerprint density at radius 1 is 1.10 bits per heavy atom. The van der Waals surface area contributed by atoms with Crippen molar-refractivity contribution in [3.63, 3.8) is 0 Å². The number of hydrogen-bond acceptors (Lipinski definition) is 4. The highest BCUT2D eigenvalue weighted by molar-refractivity contribution is 5.78. The highest BCUT2D eigenvalue weighted by Crippen LogP contribution is 2.32. The van der Waals surface area contributed by atoms with Crippen molar-refractivity contribution >= 4 is 11.2 Å². The Kier molecular flexibility index (Phi) is 4.57. The molecule has 0 aliphatic carbocycles. The molecule has 0 saturated carbocycles. The van der Waals surface area contributed by atoms with Crippen molar-refractivity contribution in [3.05, 3.63) is 76.6 Å². The minimum atomic E-state index is -4.45. The minimum Gasteiger partial charge on any atom is -0.495 e. The number of pyridine rings is 2. The number of rotatable bonds is 4. The minimum absolute atomic E-state index is 0.122. The first-order valence-corrected chi connectivity index (χ1v) is 8.61. The van der Waals surface area contributed by atoms with E-state index in [0.717, 1.165) is 12.1 Å². The standard InChI is InChI=1S/C20H15F3N4O2/c1-29-17-6-3-7-24-15(17)11-27-16-9-13(10-25-18(16)26-19(27)28)12-4-2-5-14(8-12)20(21,22)23/h2-10H,11H2,1H3,(H,25,26,28). The number of alkyl halides is 3. The van der Waals surface area contributed by atoms with E-state index in [1.807, 2.05) is 0 Å². The molecule has 3 heterocycles. The van der Waals surface area contributed by atoms with E-state index in [0.29, 0.717) is 33.7 Å². The average Bonchev–Trinajstić information content (AvgIpc) is 3.02. The van der Waals surface area contributed by atoms with Crippen LogP contribution < -0.4 is 10.4 Å². The summed E-state index contributed by atoms with van der Waals surface area (Å²) in [5, 5.41) is 0. The maximum atomic E-state index is 13.0. The molecule has 9 heteroatoms. The van der Waals surface area contributed by atoms with E-state index in [1.54, 1.807) is 30.5 Å². The van der Waals surface area contributed by atoms with Crippen LogP contribution in [0.3, 0.4) is 0 Å². The molecular weight excluding hydrogens is 385 g/mol. The third-order valence-electron chi connectivity index (χ3n) is 4.53. The number of aromatic nitrogens is 4. The van der Waals surface area contributed by atoms with Gasteiger partial charge >= 0.3 is 11.9 Å². The van der Waals surface area contributed by atoms with E-state index in [2.05, 4.69) is 15.0 Å². The number of benzene rings is 1. The SMILES string of the molecule is COc1cccnc1Cn1c(=O)[nH]c2ncc(-c3cccc(C(F)(F)F)c3)cc21. The molecule has 0 atom stereocenters. The average molecular weight is 400 g/mol. The van der Waals surface area contributed by atoms with Crippen molar-refractivity contribution in [2.75, 3.05) is 7.11 Å². The number of H-pyrrole nitrogens is 1. The van der Waals surface area contributed by atoms with Gasteiger partial charge in [-0.3, -0.25) is 14.5 Å². The van der Waals surface area contributed by atoms with Crippen molar-refractivity contribution in [1.29, 1.82) is 0 Å². The summed E-state index contributed by atoms with van der Waals surface area (Å²) in [6, 6.07) is 10.0. The third kappa shape index (κ3) is 3.58. The molecule has 0 amide bonds. The zero-order chi connectivity index (χ0) is 20.6. The zero-order valence-electron chi connectivity index (χ0n) is 15.2. The first-order valence-electron chi connectivity index (χ1n) is 8.61. The Balaban J connectivity index is 1.81. The van der Waals surface area contributed by atoms with Crippen molar-refractivity contribution < 1.29 is 17.9 Å². The molecule has 0 aliphatic rings. The van der Waals surface area contributed by atoms with Gasteiger partial charge in [0.25, 0.3) is 0 Å². The van der Waals surface area contributed by atoms with E-state index in [4.69, 9.17) is 4.74 Å². The number of nitrogens with zero attached hydrogens (tertiary/aromatic N) is 3. The molecule has 4 aromatic rings. The number of nitrogens with one attached hydrogen (secondary N) is 1. The number of hydrogen-bond donors (Lipinski definition) is 1. The molecular formula is C20H15F3N4O2. The fraction of sp³-hybridized carbons (Fsp3) is 0.150. The summed E-state index contributed by atoms with van der Waals surface area (Å²) in [5.74, 6) is 0.524. The van der Waals surface area contributed by atoms with Gasteiger partial charge in [-0.2, -0.15) is 13.2 Å². The summed E-state index contributed by atoms with van der Waals surface area (Å²) < 4.78 is 45.8. The third-order valence-corrected chi connectivity index (χ3v) is 4.53. The smallest absolute Gasteiger partial charge is 0.416 e. The van der Waals surface area contributed by atoms with Crippen LogP contribution in [0.4, 0.5) is 13.2 Å². The summed E-state index contributed by atoms with van der Waals surface area (Å²) in [4.78, 5) is 23.5. The monoisotopic (exact) mass is 400 g/mol. The van der Waals surface area contributed by atoms with Gasteiger partial charge in [0.05, 0.1) is 24.7 Å². The second-order valence-electron chi connectivity index (χ2n) is 6.34. The van der Waals surface area contributed by atoms with Gasteiger partial charge < -0.3 is 4.74 Å². The predicted octanol–water partition coefficient (Wildman–Crippen LogP) is 3.86. The zero-order valence-corrected chi connectivity index (χ0v) is 15.2. The molecule has 0 spiro atoms. The lowest BCUT2D eigenvalue weighted by Crippen LogP contribution is -2.18. The Labute approximate surface area is 162 Å². The number of ether oxygens (including phenoxy) is 1. The van der Waals surface area contributed by atoms with E-state index >= 15 is 0 Å². The maximum Gasteiger partial charge on any atom is 0.416 e. The first kappa shape index (κ1) is 18.7. The lowest BCUT2D eigenvalue weighted by molar-refractivity contribution is -0.137. The summed E-state index contributed by atoms with van der Waals surface area (Å²) in [6.45, 7) is 0.122. The molecule has 3 aromatic heterocycles. The molecule has 4 rings (SSSR count). The van der Waals surface area contributed by atoms with Gasteiger partial charge in [0.15, 0.2) is 5.65 Å². The molecule has 0 bridgehead atoms. The second kappa shape index (κ2) is 7.08. The number of aromatic amines is 1. The van der Waals surface area contributed by atoms with Gasteiger partial charge in [-0.25, -0.2) is 9.78 Å². The van der Waals surface area contributed by atoms with E-state index in [1.165, 1.54) is 23.9 Å². The largest absolute Gasteiger partial charge is 0.495 e. The normalized spacial score (nSPS) is 11.7. The van der Waals surface area contributed by atoms with Crippen LogP contribution in [0.15, 0.2) is 59.7 Å². The van der Waals surface area contributed by atoms with Crippen LogP contribution >= 0.6 is 0 Å². The van der Waals surface area contributed by atoms with Gasteiger partial charge in [-0.05, 0) is 35.9 Å². The molecule has 29 heavy (non-hydrogen) atoms. The summed E-state index contributed by atoms with van der Waals surface area (Å²) >= 11 is 0. The molecule has 0 unspecified atom stereocenters. The summed E-state index contributed by atoms with van der Waals surface area (Å²) in [7, 11) is 1.51. The van der Waals surface area contributed by atoms with Crippen LogP contribution in [0.2, 0.25) is 0 Å². The molecule has 0 fully saturated rings. The quantitative estimate of drug-likeness (QED) is 0.565. The van der Waals surface area contributed by atoms with Crippen LogP contribution in [0.5, 0.6) is 5.75 Å². The molecule has 0 saturated heterocycles. The van der Waals surface area contributed by atoms with Gasteiger partial charge in [0.2, 0.25) is 0 Å². The van der Waals surface area contributed by atoms with E-state index < -0.39 is 17.4 Å². The lowest BCUT2D eigenvalue weighted by Gasteiger charge is -2.10. The van der Waals surface area contributed by atoms with Crippen molar-refractivity contribution in [2.24, 2.45) is 0 Å². The number of imidazole rings is 1. The topological polar surface area (TPSA) is 72.8 Å². The molecule has 148 valence electrons. The number of fused-ring (bicyclic) bond motifs is 1. The Bertz CT molecular complexity index is 1240. The van der Waals surface area contributed by atoms with E-state index in [9.17, 15) is 18.0 Å². The van der Waals surface area contributed by atoms with Crippen LogP contribution in [0, 0.1) is 0 Å². The van der Waals surface area contributed by atoms with Crippen molar-refractivity contribution in [2.45, 2.75) is 12.7 Å². The van der Waals surface area contributed by atoms with Gasteiger partial charge in [-0.1, -0.05) is 12.1 Å². The van der Waals surface area contributed by atoms with Crippen LogP contribution in [-0.2, 0) is 12.7 Å². The maximum absolute atomic E-state index is 13.0. The fourth-order valence-electron chi connectivity index (χ4n) is 3.10. The lowest BCUT2D eigenvalue weighted by atomic mass is 10.0. The molecule has 0 radical (unpaired) electrons. The van der Waals surface area contributed by atoms with Gasteiger partial charge in [0, 0.05) is 18.0 Å². The highest BCUT2D eigenvalue weighted by atomic mass is 19.4. The summed E-state index contributed by atoms with van der Waals surface area (Å²) in [6.07, 6.45) is -1.43. The van der Waals surface area contributed by atoms with Crippen LogP contribution in [0.1, 0.15) is 11.3 Å². The second-order valence-corrected chi connectivity index (χ2v) is 6.34. The Morgan fingerprint density at radius 3 is 2.69 bits per heavy atom. The number of methoxy groups -OCH3 is 1. The van der Waals surface area contributed by atoms with E-state index in [-0.39, 0.29) is 6.54 Å². The fourth-order valence-corrected chi connectivity index (χ4v) is 3.10. The Morgan fingerprint density at radius 2 is 1.93 bits per heavy atom. The van der Waals surface area contributed by atoms with Crippen LogP contribution in [0.25, 0.3) is 22.3 Å². The van der Waals surface area contributed by atoms with Gasteiger partial charge in [0.1, 0.15) is 11.4 Å². The Hall–Kier alpha value is -3.62. The molecule has 6 nitrogen and oxygen atoms in total. The predicted molar refractivity (Wildman–Crippen MR) is 101 cm³/mol. The molecule has 0 aliphatic heterocycles. The summed E-state index contributed by atoms with van der Waals surface area (Å²) in [5.41, 5.74) is 0.996. The highest BCUT2D eigenvalue weighted by Gasteiger charge is 2.30. The molecule has 1 aromatic carbocycles. The first-order chi connectivity index (χ1) is 13.9.